The van der Waals surface area contributed by atoms with E-state index in [1.165, 1.54) is 0 Å². The van der Waals surface area contributed by atoms with Gasteiger partial charge in [0, 0.05) is 31.7 Å². The molecule has 5 rings (SSSR count). The van der Waals surface area contributed by atoms with Gasteiger partial charge in [-0.3, -0.25) is 9.48 Å². The van der Waals surface area contributed by atoms with E-state index in [0.29, 0.717) is 50.8 Å². The average molecular weight is 417 g/mol. The van der Waals surface area contributed by atoms with Gasteiger partial charge in [-0.1, -0.05) is 0 Å². The number of pyridine rings is 2. The number of aromatic nitrogens is 8. The Morgan fingerprint density at radius 3 is 2.74 bits per heavy atom. The molecule has 3 N–H and O–H groups in total. The van der Waals surface area contributed by atoms with Crippen LogP contribution < -0.4 is 15.6 Å². The third-order valence-electron chi connectivity index (χ3n) is 4.91. The third kappa shape index (κ3) is 3.25. The first-order valence-corrected chi connectivity index (χ1v) is 9.56. The smallest absolute Gasteiger partial charge is 0.261 e. The first-order chi connectivity index (χ1) is 15.0. The summed E-state index contributed by atoms with van der Waals surface area (Å²) in [6, 6.07) is 3.25. The van der Waals surface area contributed by atoms with Gasteiger partial charge >= 0.3 is 0 Å². The molecular formula is C20H19N9O2. The molecule has 11 nitrogen and oxygen atoms in total. The lowest BCUT2D eigenvalue weighted by molar-refractivity contribution is 0.413. The van der Waals surface area contributed by atoms with Gasteiger partial charge in [-0.15, -0.1) is 0 Å². The molecule has 0 aliphatic rings. The van der Waals surface area contributed by atoms with Gasteiger partial charge in [0.2, 0.25) is 0 Å². The number of fused-ring (bicyclic) bond motifs is 2. The van der Waals surface area contributed by atoms with E-state index in [0.717, 1.165) is 0 Å². The van der Waals surface area contributed by atoms with Crippen LogP contribution in [0, 0.1) is 0 Å². The molecular weight excluding hydrogens is 398 g/mol. The van der Waals surface area contributed by atoms with Crippen LogP contribution in [0.25, 0.3) is 33.6 Å². The summed E-state index contributed by atoms with van der Waals surface area (Å²) < 4.78 is 6.87. The third-order valence-corrected chi connectivity index (χ3v) is 4.91. The fourth-order valence-corrected chi connectivity index (χ4v) is 3.47. The molecule has 0 saturated carbocycles. The maximum atomic E-state index is 13.1. The van der Waals surface area contributed by atoms with Gasteiger partial charge < -0.3 is 20.0 Å². The van der Waals surface area contributed by atoms with Gasteiger partial charge in [0.1, 0.15) is 28.5 Å². The number of nitrogens with zero attached hydrogens (tertiary/aromatic N) is 6. The van der Waals surface area contributed by atoms with E-state index in [-0.39, 0.29) is 11.6 Å². The molecule has 0 aliphatic carbocycles. The largest absolute Gasteiger partial charge is 0.495 e. The Kier molecular flexibility index (Phi) is 4.35. The number of nitrogens with one attached hydrogen (secondary N) is 3. The van der Waals surface area contributed by atoms with E-state index in [9.17, 15) is 4.79 Å². The van der Waals surface area contributed by atoms with Crippen molar-refractivity contribution in [3.05, 3.63) is 53.1 Å². The number of aryl methyl sites for hydroxylation is 1. The molecule has 0 saturated heterocycles. The minimum atomic E-state index is -0.310. The number of hydrogen-bond donors (Lipinski definition) is 3. The zero-order valence-electron chi connectivity index (χ0n) is 17.0. The molecule has 156 valence electrons. The normalized spacial score (nSPS) is 12.4. The zero-order chi connectivity index (χ0) is 21.5. The summed E-state index contributed by atoms with van der Waals surface area (Å²) in [5, 5.41) is 7.90. The second-order valence-electron chi connectivity index (χ2n) is 7.07. The number of anilines is 1. The topological polar surface area (TPSA) is 139 Å². The molecule has 5 aromatic rings. The number of aromatic amines is 2. The van der Waals surface area contributed by atoms with Crippen molar-refractivity contribution in [2.75, 3.05) is 12.4 Å². The Labute approximate surface area is 175 Å². The summed E-state index contributed by atoms with van der Waals surface area (Å²) in [5.74, 6) is 1.55. The highest BCUT2D eigenvalue weighted by Gasteiger charge is 2.22. The predicted molar refractivity (Wildman–Crippen MR) is 115 cm³/mol. The summed E-state index contributed by atoms with van der Waals surface area (Å²) in [7, 11) is 3.36. The summed E-state index contributed by atoms with van der Waals surface area (Å²) in [6.07, 6.45) is 6.68. The van der Waals surface area contributed by atoms with E-state index in [1.54, 1.807) is 55.8 Å². The highest BCUT2D eigenvalue weighted by molar-refractivity contribution is 5.96. The van der Waals surface area contributed by atoms with Crippen LogP contribution in [0.15, 0.2) is 41.7 Å². The SMILES string of the molecule is COc1cnc2nc(-c3c(NC(C)c4ncccn4)c4nn(C)cc4[nH]c3=O)[nH]c2c1. The van der Waals surface area contributed by atoms with Gasteiger partial charge in [0.15, 0.2) is 5.65 Å². The predicted octanol–water partition coefficient (Wildman–Crippen LogP) is 2.17. The van der Waals surface area contributed by atoms with Crippen molar-refractivity contribution in [1.82, 2.24) is 39.7 Å². The molecule has 5 aromatic heterocycles. The number of rotatable bonds is 5. The Morgan fingerprint density at radius 2 is 1.97 bits per heavy atom. The molecule has 0 radical (unpaired) electrons. The molecule has 1 unspecified atom stereocenters. The van der Waals surface area contributed by atoms with Crippen LogP contribution in [0.4, 0.5) is 5.69 Å². The Bertz CT molecular complexity index is 1450. The molecule has 1 atom stereocenters. The lowest BCUT2D eigenvalue weighted by Crippen LogP contribution is -2.17. The molecule has 0 amide bonds. The van der Waals surface area contributed by atoms with Crippen LogP contribution in [0.5, 0.6) is 5.75 Å². The molecule has 0 aliphatic heterocycles. The Hall–Kier alpha value is -4.28. The molecule has 0 bridgehead atoms. The van der Waals surface area contributed by atoms with Crippen molar-refractivity contribution in [3.63, 3.8) is 0 Å². The highest BCUT2D eigenvalue weighted by Crippen LogP contribution is 2.32. The van der Waals surface area contributed by atoms with Crippen molar-refractivity contribution in [1.29, 1.82) is 0 Å². The van der Waals surface area contributed by atoms with E-state index in [4.69, 9.17) is 4.74 Å². The summed E-state index contributed by atoms with van der Waals surface area (Å²) in [4.78, 5) is 36.6. The maximum Gasteiger partial charge on any atom is 0.261 e. The standard InChI is InChI=1S/C20H19N9O2/c1-10(17-21-5-4-6-22-17)24-16-14(20(30)26-13-9-29(2)28-15(13)16)19-25-12-7-11(31-3)8-23-18(12)27-19/h4-10,24H,1-3H3,(H,26,30)(H,23,25,27). The van der Waals surface area contributed by atoms with Crippen molar-refractivity contribution in [2.45, 2.75) is 13.0 Å². The first-order valence-electron chi connectivity index (χ1n) is 9.56. The van der Waals surface area contributed by atoms with Crippen LogP contribution in [0.1, 0.15) is 18.8 Å². The summed E-state index contributed by atoms with van der Waals surface area (Å²) >= 11 is 0. The highest BCUT2D eigenvalue weighted by atomic mass is 16.5. The summed E-state index contributed by atoms with van der Waals surface area (Å²) in [5.41, 5.74) is 2.88. The van der Waals surface area contributed by atoms with E-state index in [2.05, 4.69) is 40.3 Å². The lowest BCUT2D eigenvalue weighted by Gasteiger charge is -2.16. The molecule has 31 heavy (non-hydrogen) atoms. The van der Waals surface area contributed by atoms with Gasteiger partial charge in [-0.2, -0.15) is 5.10 Å². The number of hydrogen-bond acceptors (Lipinski definition) is 8. The number of methoxy groups -OCH3 is 1. The van der Waals surface area contributed by atoms with Crippen molar-refractivity contribution in [2.24, 2.45) is 7.05 Å². The molecule has 0 spiro atoms. The monoisotopic (exact) mass is 417 g/mol. The second kappa shape index (κ2) is 7.20. The number of imidazole rings is 1. The fraction of sp³-hybridized carbons (Fsp3) is 0.200. The molecule has 0 aromatic carbocycles. The van der Waals surface area contributed by atoms with Crippen LogP contribution in [-0.2, 0) is 7.05 Å². The average Bonchev–Trinajstić information content (AvgIpc) is 3.35. The van der Waals surface area contributed by atoms with E-state index in [1.807, 2.05) is 6.92 Å². The molecule has 0 fully saturated rings. The van der Waals surface area contributed by atoms with Gasteiger partial charge in [-0.25, -0.2) is 19.9 Å². The second-order valence-corrected chi connectivity index (χ2v) is 7.07. The van der Waals surface area contributed by atoms with Crippen LogP contribution in [-0.4, -0.2) is 46.8 Å². The lowest BCUT2D eigenvalue weighted by atomic mass is 10.1. The van der Waals surface area contributed by atoms with Crippen LogP contribution in [0.2, 0.25) is 0 Å². The quantitative estimate of drug-likeness (QED) is 0.395. The molecule has 11 heteroatoms. The van der Waals surface area contributed by atoms with Gasteiger partial charge in [-0.05, 0) is 13.0 Å². The minimum absolute atomic E-state index is 0.283. The Morgan fingerprint density at radius 1 is 1.16 bits per heavy atom. The summed E-state index contributed by atoms with van der Waals surface area (Å²) in [6.45, 7) is 1.92. The van der Waals surface area contributed by atoms with Gasteiger partial charge in [0.05, 0.1) is 36.1 Å². The van der Waals surface area contributed by atoms with Gasteiger partial charge in [0.25, 0.3) is 5.56 Å². The first kappa shape index (κ1) is 18.7. The fourth-order valence-electron chi connectivity index (χ4n) is 3.47. The van der Waals surface area contributed by atoms with E-state index < -0.39 is 0 Å². The van der Waals surface area contributed by atoms with Crippen molar-refractivity contribution < 1.29 is 4.74 Å². The zero-order valence-corrected chi connectivity index (χ0v) is 17.0. The minimum Gasteiger partial charge on any atom is -0.495 e. The molecule has 5 heterocycles. The van der Waals surface area contributed by atoms with Crippen molar-refractivity contribution in [3.8, 4) is 17.1 Å². The number of ether oxygens (including phenoxy) is 1. The Balaban J connectivity index is 1.71. The van der Waals surface area contributed by atoms with E-state index >= 15 is 0 Å². The van der Waals surface area contributed by atoms with Crippen LogP contribution in [0.3, 0.4) is 0 Å². The van der Waals surface area contributed by atoms with Crippen molar-refractivity contribution >= 4 is 27.9 Å². The van der Waals surface area contributed by atoms with Crippen LogP contribution >= 0.6 is 0 Å². The maximum absolute atomic E-state index is 13.1. The number of H-pyrrole nitrogens is 2.